The van der Waals surface area contributed by atoms with E-state index >= 15 is 0 Å². The zero-order valence-corrected chi connectivity index (χ0v) is 18.6. The van der Waals surface area contributed by atoms with Gasteiger partial charge in [0.05, 0.1) is 5.60 Å². The monoisotopic (exact) mass is 383 g/mol. The van der Waals surface area contributed by atoms with E-state index in [0.717, 1.165) is 48.3 Å². The molecule has 0 bridgehead atoms. The molecule has 1 aliphatic heterocycles. The van der Waals surface area contributed by atoms with Crippen molar-refractivity contribution in [3.05, 3.63) is 11.6 Å². The van der Waals surface area contributed by atoms with Crippen molar-refractivity contribution in [3.8, 4) is 0 Å². The maximum absolute atomic E-state index is 8.29. The summed E-state index contributed by atoms with van der Waals surface area (Å²) in [5.74, 6) is 5.65. The molecule has 0 aromatic rings. The molecule has 4 fully saturated rings. The second kappa shape index (κ2) is 6.69. The molecule has 0 radical (unpaired) electrons. The fraction of sp³-hybridized carbons (Fsp3) is 0.885. The standard InChI is InChI=1S/C26H41NO/c1-5-25-11-9-18(20-8-7-19(27)14-21(20)17(4)16(2)3)13-23(25)22-15-24(22)26(25)10-6-12-28-26/h14,16-18,20,22-24,27H,5-13,15H2,1-4H3/t17?,18?,20-,22?,23?,24?,25+,26+/m1/s1. The number of hydrogen-bond donors (Lipinski definition) is 1. The van der Waals surface area contributed by atoms with Crippen LogP contribution in [0.5, 0.6) is 0 Å². The highest BCUT2D eigenvalue weighted by molar-refractivity contribution is 5.93. The van der Waals surface area contributed by atoms with Crippen LogP contribution in [0.3, 0.4) is 0 Å². The first kappa shape index (κ1) is 19.3. The van der Waals surface area contributed by atoms with Gasteiger partial charge in [-0.25, -0.2) is 0 Å². The maximum atomic E-state index is 8.29. The number of allylic oxidation sites excluding steroid dienone is 2. The molecule has 1 saturated heterocycles. The SMILES string of the molecule is CC[C@]12CCC([C@H]3CCC(=N)C=C3C(C)C(C)C)CC1C1CC1[C@@]21CCCO1. The zero-order valence-electron chi connectivity index (χ0n) is 18.6. The quantitative estimate of drug-likeness (QED) is 0.579. The molecule has 1 heterocycles. The average Bonchev–Trinajstić information content (AvgIpc) is 3.28. The van der Waals surface area contributed by atoms with Gasteiger partial charge in [0.25, 0.3) is 0 Å². The van der Waals surface area contributed by atoms with Crippen molar-refractivity contribution in [1.82, 2.24) is 0 Å². The molecule has 28 heavy (non-hydrogen) atoms. The Balaban J connectivity index is 1.42. The van der Waals surface area contributed by atoms with E-state index in [0.29, 0.717) is 17.3 Å². The summed E-state index contributed by atoms with van der Waals surface area (Å²) >= 11 is 0. The molecule has 0 aromatic heterocycles. The van der Waals surface area contributed by atoms with Crippen molar-refractivity contribution in [2.75, 3.05) is 6.61 Å². The molecule has 5 unspecified atom stereocenters. The van der Waals surface area contributed by atoms with Crippen molar-refractivity contribution >= 4 is 5.71 Å². The minimum atomic E-state index is 0.265. The molecule has 156 valence electrons. The Hall–Kier alpha value is -0.630. The Labute approximate surface area is 172 Å². The highest BCUT2D eigenvalue weighted by atomic mass is 16.5. The Morgan fingerprint density at radius 3 is 2.64 bits per heavy atom. The van der Waals surface area contributed by atoms with E-state index in [1.807, 2.05) is 0 Å². The summed E-state index contributed by atoms with van der Waals surface area (Å²) in [5, 5.41) is 8.29. The molecule has 2 nitrogen and oxygen atoms in total. The van der Waals surface area contributed by atoms with Gasteiger partial charge in [-0.15, -0.1) is 0 Å². The predicted octanol–water partition coefficient (Wildman–Crippen LogP) is 6.65. The summed E-state index contributed by atoms with van der Waals surface area (Å²) in [6, 6.07) is 0. The maximum Gasteiger partial charge on any atom is 0.0772 e. The topological polar surface area (TPSA) is 33.1 Å². The lowest BCUT2D eigenvalue weighted by atomic mass is 9.53. The van der Waals surface area contributed by atoms with Crippen molar-refractivity contribution in [2.24, 2.45) is 46.8 Å². The lowest BCUT2D eigenvalue weighted by Crippen LogP contribution is -2.52. The third-order valence-corrected chi connectivity index (χ3v) is 10.3. The second-order valence-electron chi connectivity index (χ2n) is 11.3. The fourth-order valence-electron chi connectivity index (χ4n) is 8.64. The second-order valence-corrected chi connectivity index (χ2v) is 11.3. The Morgan fingerprint density at radius 2 is 1.96 bits per heavy atom. The van der Waals surface area contributed by atoms with Gasteiger partial charge in [-0.2, -0.15) is 0 Å². The summed E-state index contributed by atoms with van der Waals surface area (Å²) < 4.78 is 6.67. The van der Waals surface area contributed by atoms with Gasteiger partial charge in [0.2, 0.25) is 0 Å². The molecule has 4 aliphatic carbocycles. The Morgan fingerprint density at radius 1 is 1.14 bits per heavy atom. The van der Waals surface area contributed by atoms with E-state index in [2.05, 4.69) is 33.8 Å². The molecule has 8 atom stereocenters. The largest absolute Gasteiger partial charge is 0.374 e. The predicted molar refractivity (Wildman–Crippen MR) is 116 cm³/mol. The van der Waals surface area contributed by atoms with E-state index in [1.165, 1.54) is 51.4 Å². The van der Waals surface area contributed by atoms with Crippen molar-refractivity contribution in [2.45, 2.75) is 91.1 Å². The first-order valence-corrected chi connectivity index (χ1v) is 12.4. The van der Waals surface area contributed by atoms with Gasteiger partial charge in [0.15, 0.2) is 0 Å². The van der Waals surface area contributed by atoms with Crippen molar-refractivity contribution in [3.63, 3.8) is 0 Å². The molecular formula is C26H41NO. The molecular weight excluding hydrogens is 342 g/mol. The summed E-state index contributed by atoms with van der Waals surface area (Å²) in [6.45, 7) is 10.6. The molecule has 1 N–H and O–H groups in total. The number of ether oxygens (including phenoxy) is 1. The fourth-order valence-corrected chi connectivity index (χ4v) is 8.64. The van der Waals surface area contributed by atoms with E-state index in [9.17, 15) is 0 Å². The van der Waals surface area contributed by atoms with Gasteiger partial charge in [0, 0.05) is 17.7 Å². The smallest absolute Gasteiger partial charge is 0.0772 e. The molecule has 1 spiro atoms. The first-order valence-electron chi connectivity index (χ1n) is 12.4. The van der Waals surface area contributed by atoms with Crippen LogP contribution in [0, 0.1) is 52.2 Å². The number of fused-ring (bicyclic) bond motifs is 5. The first-order chi connectivity index (χ1) is 13.4. The van der Waals surface area contributed by atoms with E-state index in [-0.39, 0.29) is 5.60 Å². The van der Waals surface area contributed by atoms with E-state index < -0.39 is 0 Å². The third-order valence-electron chi connectivity index (χ3n) is 10.3. The highest BCUT2D eigenvalue weighted by Crippen LogP contribution is 2.77. The van der Waals surface area contributed by atoms with Gasteiger partial charge in [-0.05, 0) is 105 Å². The summed E-state index contributed by atoms with van der Waals surface area (Å²) in [7, 11) is 0. The van der Waals surface area contributed by atoms with Crippen LogP contribution in [0.4, 0.5) is 0 Å². The lowest BCUT2D eigenvalue weighted by Gasteiger charge is -2.54. The molecule has 5 aliphatic rings. The summed E-state index contributed by atoms with van der Waals surface area (Å²) in [4.78, 5) is 0. The van der Waals surface area contributed by atoms with Crippen LogP contribution in [0.1, 0.15) is 85.5 Å². The zero-order chi connectivity index (χ0) is 19.7. The van der Waals surface area contributed by atoms with E-state index in [1.54, 1.807) is 5.57 Å². The molecule has 0 amide bonds. The van der Waals surface area contributed by atoms with Gasteiger partial charge in [-0.3, -0.25) is 0 Å². The number of rotatable bonds is 4. The van der Waals surface area contributed by atoms with Gasteiger partial charge in [-0.1, -0.05) is 33.3 Å². The molecule has 3 saturated carbocycles. The molecule has 2 heteroatoms. The van der Waals surface area contributed by atoms with Crippen molar-refractivity contribution < 1.29 is 4.74 Å². The normalized spacial score (nSPS) is 48.5. The van der Waals surface area contributed by atoms with Gasteiger partial charge >= 0.3 is 0 Å². The van der Waals surface area contributed by atoms with Crippen LogP contribution in [0.25, 0.3) is 0 Å². The minimum absolute atomic E-state index is 0.265. The van der Waals surface area contributed by atoms with Crippen LogP contribution < -0.4 is 0 Å². The van der Waals surface area contributed by atoms with E-state index in [4.69, 9.17) is 10.1 Å². The van der Waals surface area contributed by atoms with Crippen molar-refractivity contribution in [1.29, 1.82) is 5.41 Å². The molecule has 0 aromatic carbocycles. The van der Waals surface area contributed by atoms with Crippen LogP contribution >= 0.6 is 0 Å². The number of hydrogen-bond acceptors (Lipinski definition) is 2. The highest BCUT2D eigenvalue weighted by Gasteiger charge is 2.76. The van der Waals surface area contributed by atoms with Crippen LogP contribution in [-0.4, -0.2) is 17.9 Å². The summed E-state index contributed by atoms with van der Waals surface area (Å²) in [6.07, 6.45) is 14.2. The average molecular weight is 384 g/mol. The van der Waals surface area contributed by atoms with Crippen LogP contribution in [-0.2, 0) is 4.74 Å². The molecule has 5 rings (SSSR count). The van der Waals surface area contributed by atoms with Gasteiger partial charge in [0.1, 0.15) is 0 Å². The Bertz CT molecular complexity index is 672. The van der Waals surface area contributed by atoms with Gasteiger partial charge < -0.3 is 10.1 Å². The summed E-state index contributed by atoms with van der Waals surface area (Å²) in [5.41, 5.74) is 3.25. The Kier molecular flexibility index (Phi) is 4.62. The lowest BCUT2D eigenvalue weighted by molar-refractivity contribution is -0.140. The van der Waals surface area contributed by atoms with Crippen LogP contribution in [0.2, 0.25) is 0 Å². The third kappa shape index (κ3) is 2.52. The number of nitrogens with one attached hydrogen (secondary N) is 1. The minimum Gasteiger partial charge on any atom is -0.374 e. The van der Waals surface area contributed by atoms with Crippen LogP contribution in [0.15, 0.2) is 11.6 Å².